The monoisotopic (exact) mass is 347 g/mol. The van der Waals surface area contributed by atoms with E-state index in [1.54, 1.807) is 12.1 Å². The van der Waals surface area contributed by atoms with Crippen LogP contribution in [0.4, 0.5) is 0 Å². The molecule has 0 saturated carbocycles. The van der Waals surface area contributed by atoms with Gasteiger partial charge in [0.15, 0.2) is 17.5 Å². The Bertz CT molecular complexity index is 746. The Morgan fingerprint density at radius 1 is 1.08 bits per heavy atom. The molecule has 24 heavy (non-hydrogen) atoms. The van der Waals surface area contributed by atoms with Crippen molar-refractivity contribution in [2.45, 2.75) is 12.3 Å². The number of ether oxygens (including phenoxy) is 2. The average molecular weight is 348 g/mol. The first-order chi connectivity index (χ1) is 11.1. The van der Waals surface area contributed by atoms with Crippen molar-refractivity contribution in [1.82, 2.24) is 0 Å². The fourth-order valence-corrected chi connectivity index (χ4v) is 2.53. The van der Waals surface area contributed by atoms with Gasteiger partial charge < -0.3 is 20.9 Å². The Balaban J connectivity index is 0.00000208. The van der Waals surface area contributed by atoms with Crippen molar-refractivity contribution >= 4 is 24.3 Å². The van der Waals surface area contributed by atoms with E-state index in [-0.39, 0.29) is 31.1 Å². The highest BCUT2D eigenvalue weighted by Gasteiger charge is 2.24. The van der Waals surface area contributed by atoms with Gasteiger partial charge in [-0.3, -0.25) is 4.79 Å². The minimum Gasteiger partial charge on any atom is -0.454 e. The number of nitrogens with zero attached hydrogens (tertiary/aromatic N) is 1. The number of benzene rings is 2. The zero-order valence-electron chi connectivity index (χ0n) is 12.8. The lowest BCUT2D eigenvalue weighted by molar-refractivity contribution is -0.119. The molecular formula is C17H18ClN3O3. The third-order valence-electron chi connectivity index (χ3n) is 3.62. The fourth-order valence-electron chi connectivity index (χ4n) is 2.53. The van der Waals surface area contributed by atoms with Crippen LogP contribution in [0.5, 0.6) is 11.5 Å². The van der Waals surface area contributed by atoms with Gasteiger partial charge in [-0.25, -0.2) is 0 Å². The molecule has 0 aromatic heterocycles. The third-order valence-corrected chi connectivity index (χ3v) is 3.62. The smallest absolute Gasteiger partial charge is 0.256 e. The highest BCUT2D eigenvalue weighted by molar-refractivity contribution is 5.95. The van der Waals surface area contributed by atoms with Crippen LogP contribution in [0.2, 0.25) is 0 Å². The van der Waals surface area contributed by atoms with E-state index in [9.17, 15) is 4.79 Å². The van der Waals surface area contributed by atoms with Crippen LogP contribution in [-0.2, 0) is 11.2 Å². The molecule has 4 N–H and O–H groups in total. The molecule has 126 valence electrons. The molecule has 0 aliphatic carbocycles. The highest BCUT2D eigenvalue weighted by Crippen LogP contribution is 2.35. The molecule has 1 atom stereocenters. The van der Waals surface area contributed by atoms with Crippen molar-refractivity contribution < 1.29 is 14.3 Å². The first-order valence-corrected chi connectivity index (χ1v) is 7.20. The van der Waals surface area contributed by atoms with Crippen molar-refractivity contribution in [3.8, 4) is 11.5 Å². The molecule has 7 heteroatoms. The second kappa shape index (κ2) is 7.70. The van der Waals surface area contributed by atoms with E-state index in [1.807, 2.05) is 36.4 Å². The quantitative estimate of drug-likeness (QED) is 0.650. The van der Waals surface area contributed by atoms with E-state index in [0.29, 0.717) is 17.9 Å². The summed E-state index contributed by atoms with van der Waals surface area (Å²) in [5.74, 6) is 0.176. The van der Waals surface area contributed by atoms with E-state index < -0.39 is 5.92 Å². The Hall–Kier alpha value is -2.73. The number of amides is 1. The summed E-state index contributed by atoms with van der Waals surface area (Å²) < 4.78 is 10.7. The molecule has 0 spiro atoms. The molecule has 2 aromatic carbocycles. The number of carbonyl (C=O) groups excluding carboxylic acids is 1. The van der Waals surface area contributed by atoms with Crippen molar-refractivity contribution in [3.63, 3.8) is 0 Å². The van der Waals surface area contributed by atoms with Gasteiger partial charge in [0.1, 0.15) is 0 Å². The van der Waals surface area contributed by atoms with Crippen LogP contribution in [0, 0.1) is 0 Å². The van der Waals surface area contributed by atoms with Crippen LogP contribution >= 0.6 is 12.4 Å². The zero-order chi connectivity index (χ0) is 16.2. The lowest BCUT2D eigenvalue weighted by Gasteiger charge is -2.15. The van der Waals surface area contributed by atoms with Gasteiger partial charge in [-0.2, -0.15) is 4.99 Å². The number of nitrogens with two attached hydrogens (primary N) is 2. The van der Waals surface area contributed by atoms with Gasteiger partial charge in [0.25, 0.3) is 5.91 Å². The van der Waals surface area contributed by atoms with Crippen LogP contribution in [0.15, 0.2) is 53.5 Å². The number of carbonyl (C=O) groups is 1. The topological polar surface area (TPSA) is 99.9 Å². The molecule has 2 aromatic rings. The number of hydrogen-bond acceptors (Lipinski definition) is 3. The van der Waals surface area contributed by atoms with Gasteiger partial charge in [0.05, 0.1) is 5.92 Å². The van der Waals surface area contributed by atoms with E-state index >= 15 is 0 Å². The standard InChI is InChI=1S/C17H17N3O3.ClH/c18-17(19)20-16(21)13(8-11-4-2-1-3-5-11)12-6-7-14-15(9-12)23-10-22-14;/h1-7,9,13H,8,10H2,(H4,18,19,20,21);1H. The summed E-state index contributed by atoms with van der Waals surface area (Å²) in [6, 6.07) is 15.1. The minimum atomic E-state index is -0.492. The van der Waals surface area contributed by atoms with E-state index in [1.165, 1.54) is 0 Å². The summed E-state index contributed by atoms with van der Waals surface area (Å²) in [7, 11) is 0. The zero-order valence-corrected chi connectivity index (χ0v) is 13.7. The molecule has 0 radical (unpaired) electrons. The Morgan fingerprint density at radius 2 is 1.79 bits per heavy atom. The molecule has 1 heterocycles. The Morgan fingerprint density at radius 3 is 2.50 bits per heavy atom. The maximum Gasteiger partial charge on any atom is 0.256 e. The normalized spacial score (nSPS) is 12.8. The van der Waals surface area contributed by atoms with Crippen molar-refractivity contribution in [3.05, 3.63) is 59.7 Å². The van der Waals surface area contributed by atoms with Gasteiger partial charge in [-0.15, -0.1) is 12.4 Å². The number of aliphatic imine (C=N–C) groups is 1. The Kier molecular flexibility index (Phi) is 5.65. The summed E-state index contributed by atoms with van der Waals surface area (Å²) in [6.07, 6.45) is 0.496. The molecular weight excluding hydrogens is 330 g/mol. The van der Waals surface area contributed by atoms with Crippen LogP contribution in [0.3, 0.4) is 0 Å². The van der Waals surface area contributed by atoms with Gasteiger partial charge in [-0.05, 0) is 29.7 Å². The van der Waals surface area contributed by atoms with E-state index in [0.717, 1.165) is 11.1 Å². The SMILES string of the molecule is Cl.NC(N)=NC(=O)C(Cc1ccccc1)c1ccc2c(c1)OCO2. The van der Waals surface area contributed by atoms with Crippen molar-refractivity contribution in [1.29, 1.82) is 0 Å². The maximum atomic E-state index is 12.4. The average Bonchev–Trinajstić information content (AvgIpc) is 3.00. The summed E-state index contributed by atoms with van der Waals surface area (Å²) in [6.45, 7) is 0.185. The summed E-state index contributed by atoms with van der Waals surface area (Å²) in [5, 5.41) is 0. The van der Waals surface area contributed by atoms with Gasteiger partial charge in [0.2, 0.25) is 6.79 Å². The van der Waals surface area contributed by atoms with Gasteiger partial charge in [0, 0.05) is 0 Å². The van der Waals surface area contributed by atoms with Gasteiger partial charge in [-0.1, -0.05) is 36.4 Å². The molecule has 0 saturated heterocycles. The second-order valence-corrected chi connectivity index (χ2v) is 5.23. The minimum absolute atomic E-state index is 0. The van der Waals surface area contributed by atoms with Crippen molar-refractivity contribution in [2.75, 3.05) is 6.79 Å². The summed E-state index contributed by atoms with van der Waals surface area (Å²) >= 11 is 0. The summed E-state index contributed by atoms with van der Waals surface area (Å²) in [4.78, 5) is 16.1. The molecule has 1 aliphatic rings. The molecule has 6 nitrogen and oxygen atoms in total. The number of fused-ring (bicyclic) bond motifs is 1. The first-order valence-electron chi connectivity index (χ1n) is 7.20. The number of halogens is 1. The predicted molar refractivity (Wildman–Crippen MR) is 93.5 cm³/mol. The number of guanidine groups is 1. The fraction of sp³-hybridized carbons (Fsp3) is 0.176. The summed E-state index contributed by atoms with van der Waals surface area (Å²) in [5.41, 5.74) is 12.5. The number of hydrogen-bond donors (Lipinski definition) is 2. The lowest BCUT2D eigenvalue weighted by atomic mass is 9.91. The largest absolute Gasteiger partial charge is 0.454 e. The second-order valence-electron chi connectivity index (χ2n) is 5.23. The van der Waals surface area contributed by atoms with Crippen LogP contribution in [-0.4, -0.2) is 18.7 Å². The number of rotatable bonds is 4. The van der Waals surface area contributed by atoms with Crippen LogP contribution in [0.1, 0.15) is 17.0 Å². The molecule has 0 fully saturated rings. The molecule has 3 rings (SSSR count). The van der Waals surface area contributed by atoms with Gasteiger partial charge >= 0.3 is 0 Å². The molecule has 0 bridgehead atoms. The molecule has 1 amide bonds. The highest BCUT2D eigenvalue weighted by atomic mass is 35.5. The lowest BCUT2D eigenvalue weighted by Crippen LogP contribution is -2.26. The molecule has 1 unspecified atom stereocenters. The van der Waals surface area contributed by atoms with Crippen LogP contribution in [0.25, 0.3) is 0 Å². The first kappa shape index (κ1) is 17.6. The molecule has 1 aliphatic heterocycles. The maximum absolute atomic E-state index is 12.4. The Labute approximate surface area is 145 Å². The van der Waals surface area contributed by atoms with Crippen LogP contribution < -0.4 is 20.9 Å². The van der Waals surface area contributed by atoms with Crippen molar-refractivity contribution in [2.24, 2.45) is 16.5 Å². The van der Waals surface area contributed by atoms with E-state index in [4.69, 9.17) is 20.9 Å². The van der Waals surface area contributed by atoms with E-state index in [2.05, 4.69) is 4.99 Å². The predicted octanol–water partition coefficient (Wildman–Crippen LogP) is 1.96. The third kappa shape index (κ3) is 3.97.